The van der Waals surface area contributed by atoms with Gasteiger partial charge < -0.3 is 15.2 Å². The number of aromatic nitrogens is 2. The summed E-state index contributed by atoms with van der Waals surface area (Å²) < 4.78 is 0.469. The van der Waals surface area contributed by atoms with Crippen LogP contribution >= 0.6 is 15.9 Å². The van der Waals surface area contributed by atoms with Crippen LogP contribution in [-0.2, 0) is 0 Å². The molecule has 0 bridgehead atoms. The minimum Gasteiger partial charge on any atom is -0.367 e. The van der Waals surface area contributed by atoms with Gasteiger partial charge in [-0.15, -0.1) is 0 Å². The summed E-state index contributed by atoms with van der Waals surface area (Å²) in [5.41, 5.74) is 0.0295. The van der Waals surface area contributed by atoms with Crippen LogP contribution in [0.25, 0.3) is 0 Å². The van der Waals surface area contributed by atoms with Gasteiger partial charge in [0.2, 0.25) is 0 Å². The van der Waals surface area contributed by atoms with E-state index in [1.807, 2.05) is 0 Å². The lowest BCUT2D eigenvalue weighted by atomic mass is 9.96. The molecule has 0 unspecified atom stereocenters. The topological polar surface area (TPSA) is 61.0 Å². The minimum absolute atomic E-state index is 0.155. The maximum Gasteiger partial charge on any atom is 0.267 e. The van der Waals surface area contributed by atoms with Gasteiger partial charge in [-0.3, -0.25) is 4.79 Å². The van der Waals surface area contributed by atoms with E-state index in [1.54, 1.807) is 0 Å². The van der Waals surface area contributed by atoms with Crippen molar-refractivity contribution in [3.63, 3.8) is 0 Å². The van der Waals surface area contributed by atoms with Crippen LogP contribution in [0.3, 0.4) is 0 Å². The summed E-state index contributed by atoms with van der Waals surface area (Å²) in [6, 6.07) is 0. The fourth-order valence-electron chi connectivity index (χ4n) is 2.57. The van der Waals surface area contributed by atoms with Crippen molar-refractivity contribution >= 4 is 21.7 Å². The Labute approximate surface area is 115 Å². The summed E-state index contributed by atoms with van der Waals surface area (Å²) in [7, 11) is 4.24. The number of nitrogens with zero attached hydrogens (tertiary/aromatic N) is 2. The highest BCUT2D eigenvalue weighted by Crippen LogP contribution is 2.34. The molecule has 0 aromatic carbocycles. The molecule has 1 aliphatic rings. The predicted octanol–water partition coefficient (Wildman–Crippen LogP) is 1.82. The molecule has 1 aromatic rings. The van der Waals surface area contributed by atoms with Gasteiger partial charge >= 0.3 is 0 Å². The van der Waals surface area contributed by atoms with Gasteiger partial charge in [0.25, 0.3) is 5.56 Å². The Morgan fingerprint density at radius 2 is 2.17 bits per heavy atom. The number of likely N-dealkylation sites (N-methyl/N-ethyl adjacent to an activating group) is 1. The van der Waals surface area contributed by atoms with Crippen LogP contribution in [0.15, 0.2) is 15.6 Å². The monoisotopic (exact) mass is 314 g/mol. The number of rotatable bonds is 4. The Balaban J connectivity index is 2.11. The van der Waals surface area contributed by atoms with Gasteiger partial charge in [0.1, 0.15) is 10.3 Å². The molecule has 0 saturated heterocycles. The first kappa shape index (κ1) is 13.5. The van der Waals surface area contributed by atoms with Crippen LogP contribution < -0.4 is 10.9 Å². The second-order valence-corrected chi connectivity index (χ2v) is 5.87. The summed E-state index contributed by atoms with van der Waals surface area (Å²) in [5.74, 6) is 0.617. The Bertz CT molecular complexity index is 465. The van der Waals surface area contributed by atoms with Crippen molar-refractivity contribution in [1.29, 1.82) is 0 Å². The lowest BCUT2D eigenvalue weighted by Crippen LogP contribution is -2.47. The highest BCUT2D eigenvalue weighted by molar-refractivity contribution is 9.10. The first-order chi connectivity index (χ1) is 8.55. The molecular formula is C12H19BrN4O. The van der Waals surface area contributed by atoms with E-state index in [4.69, 9.17) is 0 Å². The van der Waals surface area contributed by atoms with Crippen LogP contribution in [0.5, 0.6) is 0 Å². The van der Waals surface area contributed by atoms with Crippen molar-refractivity contribution < 1.29 is 0 Å². The van der Waals surface area contributed by atoms with Crippen LogP contribution in [0.1, 0.15) is 25.7 Å². The predicted molar refractivity (Wildman–Crippen MR) is 75.9 cm³/mol. The second kappa shape index (κ2) is 5.40. The van der Waals surface area contributed by atoms with Gasteiger partial charge in [0.15, 0.2) is 0 Å². The first-order valence-electron chi connectivity index (χ1n) is 6.20. The molecule has 2 N–H and O–H groups in total. The Kier molecular flexibility index (Phi) is 4.07. The van der Waals surface area contributed by atoms with Crippen LogP contribution in [0.4, 0.5) is 5.82 Å². The van der Waals surface area contributed by atoms with Crippen molar-refractivity contribution in [2.45, 2.75) is 31.2 Å². The lowest BCUT2D eigenvalue weighted by molar-refractivity contribution is 0.172. The molecule has 0 amide bonds. The number of nitrogens with one attached hydrogen (secondary N) is 2. The Morgan fingerprint density at radius 1 is 1.50 bits per heavy atom. The highest BCUT2D eigenvalue weighted by Gasteiger charge is 2.35. The average molecular weight is 315 g/mol. The van der Waals surface area contributed by atoms with Crippen LogP contribution in [-0.4, -0.2) is 41.0 Å². The molecule has 1 aromatic heterocycles. The van der Waals surface area contributed by atoms with E-state index in [1.165, 1.54) is 32.0 Å². The molecule has 1 aliphatic carbocycles. The standard InChI is InChI=1S/C12H19BrN4O/c1-17(2)12(5-3-4-6-12)7-14-10-9(13)11(18)16-8-15-10/h8H,3-7H2,1-2H3,(H2,14,15,16,18). The fraction of sp³-hybridized carbons (Fsp3) is 0.667. The van der Waals surface area contributed by atoms with E-state index in [0.29, 0.717) is 10.3 Å². The SMILES string of the molecule is CN(C)C1(CNc2nc[nH]c(=O)c2Br)CCCC1. The highest BCUT2D eigenvalue weighted by atomic mass is 79.9. The van der Waals surface area contributed by atoms with E-state index in [0.717, 1.165) is 6.54 Å². The molecule has 100 valence electrons. The molecule has 1 fully saturated rings. The van der Waals surface area contributed by atoms with Gasteiger partial charge in [-0.1, -0.05) is 12.8 Å². The molecule has 1 heterocycles. The maximum atomic E-state index is 11.5. The van der Waals surface area contributed by atoms with Gasteiger partial charge in [0.05, 0.1) is 6.33 Å². The number of H-pyrrole nitrogens is 1. The molecule has 2 rings (SSSR count). The molecule has 6 heteroatoms. The summed E-state index contributed by atoms with van der Waals surface area (Å²) in [5, 5.41) is 3.30. The summed E-state index contributed by atoms with van der Waals surface area (Å²) in [4.78, 5) is 20.4. The number of halogens is 1. The van der Waals surface area contributed by atoms with Gasteiger partial charge in [-0.2, -0.15) is 0 Å². The number of hydrogen-bond donors (Lipinski definition) is 2. The normalized spacial score (nSPS) is 18.2. The molecule has 0 spiro atoms. The van der Waals surface area contributed by atoms with Gasteiger partial charge in [0, 0.05) is 12.1 Å². The van der Waals surface area contributed by atoms with E-state index in [-0.39, 0.29) is 11.1 Å². The minimum atomic E-state index is -0.155. The molecule has 18 heavy (non-hydrogen) atoms. The molecule has 0 aliphatic heterocycles. The molecule has 0 radical (unpaired) electrons. The third-order valence-corrected chi connectivity index (χ3v) is 4.60. The van der Waals surface area contributed by atoms with Crippen LogP contribution in [0.2, 0.25) is 0 Å². The molecule has 5 nitrogen and oxygen atoms in total. The third-order valence-electron chi connectivity index (χ3n) is 3.86. The van der Waals surface area contributed by atoms with Crippen molar-refractivity contribution in [1.82, 2.24) is 14.9 Å². The molecular weight excluding hydrogens is 296 g/mol. The largest absolute Gasteiger partial charge is 0.367 e. The van der Waals surface area contributed by atoms with Gasteiger partial charge in [-0.05, 0) is 42.9 Å². The Hall–Kier alpha value is -0.880. The molecule has 1 saturated carbocycles. The average Bonchev–Trinajstić information content (AvgIpc) is 2.81. The lowest BCUT2D eigenvalue weighted by Gasteiger charge is -2.36. The third kappa shape index (κ3) is 2.59. The maximum absolute atomic E-state index is 11.5. The summed E-state index contributed by atoms with van der Waals surface area (Å²) >= 11 is 3.26. The van der Waals surface area contributed by atoms with Gasteiger partial charge in [-0.25, -0.2) is 4.98 Å². The van der Waals surface area contributed by atoms with Crippen molar-refractivity contribution in [3.05, 3.63) is 21.2 Å². The van der Waals surface area contributed by atoms with Crippen LogP contribution in [0, 0.1) is 0 Å². The van der Waals surface area contributed by atoms with E-state index < -0.39 is 0 Å². The quantitative estimate of drug-likeness (QED) is 0.890. The second-order valence-electron chi connectivity index (χ2n) is 5.07. The van der Waals surface area contributed by atoms with E-state index in [9.17, 15) is 4.79 Å². The zero-order valence-electron chi connectivity index (χ0n) is 10.8. The summed E-state index contributed by atoms with van der Waals surface area (Å²) in [6.45, 7) is 0.815. The van der Waals surface area contributed by atoms with E-state index >= 15 is 0 Å². The fourth-order valence-corrected chi connectivity index (χ4v) is 2.93. The number of aromatic amines is 1. The van der Waals surface area contributed by atoms with Crippen molar-refractivity contribution in [2.24, 2.45) is 0 Å². The number of anilines is 1. The van der Waals surface area contributed by atoms with Crippen molar-refractivity contribution in [2.75, 3.05) is 26.0 Å². The molecule has 0 atom stereocenters. The number of hydrogen-bond acceptors (Lipinski definition) is 4. The smallest absolute Gasteiger partial charge is 0.267 e. The first-order valence-corrected chi connectivity index (χ1v) is 6.99. The zero-order valence-corrected chi connectivity index (χ0v) is 12.4. The van der Waals surface area contributed by atoms with Crippen molar-refractivity contribution in [3.8, 4) is 0 Å². The summed E-state index contributed by atoms with van der Waals surface area (Å²) in [6.07, 6.45) is 6.34. The Morgan fingerprint density at radius 3 is 2.78 bits per heavy atom. The zero-order chi connectivity index (χ0) is 13.2. The van der Waals surface area contributed by atoms with E-state index in [2.05, 4.69) is 50.2 Å².